The molecule has 0 unspecified atom stereocenters. The lowest BCUT2D eigenvalue weighted by Crippen LogP contribution is -2.18. The summed E-state index contributed by atoms with van der Waals surface area (Å²) < 4.78 is 14.7. The summed E-state index contributed by atoms with van der Waals surface area (Å²) in [5, 5.41) is 0. The molecule has 0 bridgehead atoms. The highest BCUT2D eigenvalue weighted by Gasteiger charge is 2.21. The molecule has 0 aliphatic rings. The fraction of sp³-hybridized carbons (Fsp3) is 0.0909. The molecule has 3 aromatic rings. The predicted octanol–water partition coefficient (Wildman–Crippen LogP) is 3.48. The minimum atomic E-state index is -0.702. The number of hydrogen-bond donors (Lipinski definition) is 2. The van der Waals surface area contributed by atoms with Gasteiger partial charge in [0.05, 0.1) is 0 Å². The molecule has 4 nitrogen and oxygen atoms in total. The number of hydrogen-bond acceptors (Lipinski definition) is 2. The Bertz CT molecular complexity index is 968. The number of rotatable bonds is 6. The first-order chi connectivity index (χ1) is 13.0. The fourth-order valence-corrected chi connectivity index (χ4v) is 3.21. The summed E-state index contributed by atoms with van der Waals surface area (Å²) in [5.74, 6) is -1.81. The van der Waals surface area contributed by atoms with Gasteiger partial charge in [-0.2, -0.15) is 0 Å². The van der Waals surface area contributed by atoms with Crippen molar-refractivity contribution < 1.29 is 14.0 Å². The molecule has 27 heavy (non-hydrogen) atoms. The molecular weight excluding hydrogens is 343 g/mol. The van der Waals surface area contributed by atoms with Crippen molar-refractivity contribution >= 4 is 11.8 Å². The SMILES string of the molecule is NC(=O)c1cccc(C(N)=O)c1-c1cccc(F)c1CCc1ccccc1. The molecule has 0 aromatic heterocycles. The third-order valence-corrected chi connectivity index (χ3v) is 4.49. The molecule has 0 heterocycles. The Morgan fingerprint density at radius 3 is 1.93 bits per heavy atom. The van der Waals surface area contributed by atoms with E-state index in [0.29, 0.717) is 24.0 Å². The van der Waals surface area contributed by atoms with Crippen LogP contribution in [0.25, 0.3) is 11.1 Å². The van der Waals surface area contributed by atoms with Crippen LogP contribution in [0, 0.1) is 5.82 Å². The third kappa shape index (κ3) is 3.87. The zero-order chi connectivity index (χ0) is 19.4. The van der Waals surface area contributed by atoms with E-state index < -0.39 is 17.6 Å². The first-order valence-corrected chi connectivity index (χ1v) is 8.53. The van der Waals surface area contributed by atoms with Gasteiger partial charge < -0.3 is 11.5 Å². The minimum absolute atomic E-state index is 0.137. The van der Waals surface area contributed by atoms with Crippen molar-refractivity contribution in [1.82, 2.24) is 0 Å². The minimum Gasteiger partial charge on any atom is -0.366 e. The Kier molecular flexibility index (Phi) is 5.31. The molecule has 0 atom stereocenters. The van der Waals surface area contributed by atoms with Crippen molar-refractivity contribution in [2.24, 2.45) is 11.5 Å². The molecule has 3 aromatic carbocycles. The summed E-state index contributed by atoms with van der Waals surface area (Å²) in [6.45, 7) is 0. The number of aryl methyl sites for hydroxylation is 1. The van der Waals surface area contributed by atoms with Crippen molar-refractivity contribution in [2.75, 3.05) is 0 Å². The summed E-state index contributed by atoms with van der Waals surface area (Å²) in [6, 6.07) is 18.8. The summed E-state index contributed by atoms with van der Waals surface area (Å²) in [6.07, 6.45) is 1.01. The third-order valence-electron chi connectivity index (χ3n) is 4.49. The quantitative estimate of drug-likeness (QED) is 0.703. The van der Waals surface area contributed by atoms with Crippen LogP contribution in [-0.4, -0.2) is 11.8 Å². The largest absolute Gasteiger partial charge is 0.366 e. The van der Waals surface area contributed by atoms with Gasteiger partial charge in [-0.1, -0.05) is 48.5 Å². The highest BCUT2D eigenvalue weighted by Crippen LogP contribution is 2.32. The van der Waals surface area contributed by atoms with Crippen LogP contribution in [0.4, 0.5) is 4.39 Å². The number of carbonyl (C=O) groups is 2. The van der Waals surface area contributed by atoms with E-state index in [4.69, 9.17) is 11.5 Å². The van der Waals surface area contributed by atoms with Crippen LogP contribution >= 0.6 is 0 Å². The zero-order valence-electron chi connectivity index (χ0n) is 14.6. The van der Waals surface area contributed by atoms with E-state index >= 15 is 0 Å². The smallest absolute Gasteiger partial charge is 0.249 e. The molecule has 0 aliphatic carbocycles. The van der Waals surface area contributed by atoms with Gasteiger partial charge in [0.15, 0.2) is 0 Å². The highest BCUT2D eigenvalue weighted by atomic mass is 19.1. The molecule has 0 aliphatic heterocycles. The lowest BCUT2D eigenvalue weighted by atomic mass is 9.88. The van der Waals surface area contributed by atoms with Gasteiger partial charge in [0, 0.05) is 16.7 Å². The van der Waals surface area contributed by atoms with Crippen molar-refractivity contribution in [3.63, 3.8) is 0 Å². The van der Waals surface area contributed by atoms with Crippen LogP contribution in [-0.2, 0) is 12.8 Å². The van der Waals surface area contributed by atoms with E-state index in [0.717, 1.165) is 5.56 Å². The van der Waals surface area contributed by atoms with Gasteiger partial charge in [-0.05, 0) is 47.7 Å². The molecule has 0 spiro atoms. The van der Waals surface area contributed by atoms with Crippen LogP contribution in [0.15, 0.2) is 66.7 Å². The molecule has 0 fully saturated rings. The van der Waals surface area contributed by atoms with Crippen molar-refractivity contribution in [1.29, 1.82) is 0 Å². The van der Waals surface area contributed by atoms with Crippen LogP contribution in [0.1, 0.15) is 31.8 Å². The maximum atomic E-state index is 14.7. The molecular formula is C22H19FN2O2. The monoisotopic (exact) mass is 362 g/mol. The highest BCUT2D eigenvalue weighted by molar-refractivity contribution is 6.08. The number of benzene rings is 3. The molecule has 0 saturated heterocycles. The van der Waals surface area contributed by atoms with Crippen molar-refractivity contribution in [2.45, 2.75) is 12.8 Å². The fourth-order valence-electron chi connectivity index (χ4n) is 3.21. The van der Waals surface area contributed by atoms with E-state index in [-0.39, 0.29) is 16.7 Å². The Morgan fingerprint density at radius 2 is 1.33 bits per heavy atom. The summed E-state index contributed by atoms with van der Waals surface area (Å²) in [5.41, 5.74) is 13.5. The average molecular weight is 362 g/mol. The maximum absolute atomic E-state index is 14.7. The molecule has 5 heteroatoms. The first kappa shape index (κ1) is 18.3. The number of carbonyl (C=O) groups excluding carboxylic acids is 2. The lowest BCUT2D eigenvalue weighted by Gasteiger charge is -2.16. The van der Waals surface area contributed by atoms with Crippen molar-refractivity contribution in [3.05, 3.63) is 94.8 Å². The van der Waals surface area contributed by atoms with Crippen LogP contribution < -0.4 is 11.5 Å². The van der Waals surface area contributed by atoms with Gasteiger partial charge in [-0.25, -0.2) is 4.39 Å². The van der Waals surface area contributed by atoms with Gasteiger partial charge in [0.2, 0.25) is 11.8 Å². The van der Waals surface area contributed by atoms with E-state index in [9.17, 15) is 14.0 Å². The second-order valence-electron chi connectivity index (χ2n) is 6.21. The second kappa shape index (κ2) is 7.83. The van der Waals surface area contributed by atoms with Crippen LogP contribution in [0.3, 0.4) is 0 Å². The molecule has 136 valence electrons. The van der Waals surface area contributed by atoms with E-state index in [2.05, 4.69) is 0 Å². The van der Waals surface area contributed by atoms with Crippen LogP contribution in [0.5, 0.6) is 0 Å². The number of nitrogens with two attached hydrogens (primary N) is 2. The number of amides is 2. The topological polar surface area (TPSA) is 86.2 Å². The standard InChI is InChI=1S/C22H19FN2O2/c23-19-11-5-8-16(15(19)13-12-14-6-2-1-3-7-14)20-17(21(24)26)9-4-10-18(20)22(25)27/h1-11H,12-13H2,(H2,24,26)(H2,25,27). The molecule has 0 saturated carbocycles. The number of halogens is 1. The van der Waals surface area contributed by atoms with Gasteiger partial charge in [0.1, 0.15) is 5.82 Å². The average Bonchev–Trinajstić information content (AvgIpc) is 2.67. The molecule has 3 rings (SSSR count). The van der Waals surface area contributed by atoms with E-state index in [1.54, 1.807) is 12.1 Å². The first-order valence-electron chi connectivity index (χ1n) is 8.53. The summed E-state index contributed by atoms with van der Waals surface area (Å²) in [4.78, 5) is 23.8. The summed E-state index contributed by atoms with van der Waals surface area (Å²) in [7, 11) is 0. The Labute approximate surface area is 156 Å². The van der Waals surface area contributed by atoms with E-state index in [1.165, 1.54) is 24.3 Å². The van der Waals surface area contributed by atoms with Crippen molar-refractivity contribution in [3.8, 4) is 11.1 Å². The summed E-state index contributed by atoms with van der Waals surface area (Å²) >= 11 is 0. The molecule has 2 amide bonds. The second-order valence-corrected chi connectivity index (χ2v) is 6.21. The van der Waals surface area contributed by atoms with Gasteiger partial charge in [-0.15, -0.1) is 0 Å². The lowest BCUT2D eigenvalue weighted by molar-refractivity contribution is 0.0999. The predicted molar refractivity (Wildman–Crippen MR) is 103 cm³/mol. The Hall–Kier alpha value is -3.47. The maximum Gasteiger partial charge on any atom is 0.249 e. The normalized spacial score (nSPS) is 10.6. The van der Waals surface area contributed by atoms with Gasteiger partial charge in [-0.3, -0.25) is 9.59 Å². The molecule has 4 N–H and O–H groups in total. The van der Waals surface area contributed by atoms with E-state index in [1.807, 2.05) is 30.3 Å². The zero-order valence-corrected chi connectivity index (χ0v) is 14.6. The Morgan fingerprint density at radius 1 is 0.741 bits per heavy atom. The van der Waals surface area contributed by atoms with Gasteiger partial charge >= 0.3 is 0 Å². The van der Waals surface area contributed by atoms with Crippen LogP contribution in [0.2, 0.25) is 0 Å². The molecule has 0 radical (unpaired) electrons. The van der Waals surface area contributed by atoms with Gasteiger partial charge in [0.25, 0.3) is 0 Å². The number of primary amides is 2. The Balaban J connectivity index is 2.14.